The van der Waals surface area contributed by atoms with E-state index in [1.54, 1.807) is 0 Å². The number of nitrogens with zero attached hydrogens (tertiary/aromatic N) is 2. The summed E-state index contributed by atoms with van der Waals surface area (Å²) in [6.07, 6.45) is -2.63. The largest absolute Gasteiger partial charge is 0.392 e. The molecular weight excluding hydrogens is 209 g/mol. The van der Waals surface area contributed by atoms with E-state index < -0.39 is 24.3 Å². The first-order valence-electron chi connectivity index (χ1n) is 4.37. The highest BCUT2D eigenvalue weighted by Crippen LogP contribution is 2.35. The molecule has 0 saturated heterocycles. The molecule has 0 aliphatic heterocycles. The summed E-state index contributed by atoms with van der Waals surface area (Å²) >= 11 is 0. The van der Waals surface area contributed by atoms with E-state index in [1.165, 1.54) is 6.20 Å². The van der Waals surface area contributed by atoms with Crippen molar-refractivity contribution in [3.8, 4) is 0 Å². The zero-order valence-corrected chi connectivity index (χ0v) is 7.58. The molecule has 1 aromatic rings. The van der Waals surface area contributed by atoms with Crippen LogP contribution in [0.5, 0.6) is 0 Å². The van der Waals surface area contributed by atoms with Crippen LogP contribution in [-0.4, -0.2) is 21.9 Å². The quantitative estimate of drug-likeness (QED) is 0.663. The third-order valence-electron chi connectivity index (χ3n) is 2.43. The van der Waals surface area contributed by atoms with Crippen molar-refractivity contribution >= 4 is 5.78 Å². The second-order valence-electron chi connectivity index (χ2n) is 3.45. The summed E-state index contributed by atoms with van der Waals surface area (Å²) < 4.78 is 37.2. The Bertz CT molecular complexity index is 403. The minimum absolute atomic E-state index is 0.198. The minimum atomic E-state index is -4.34. The summed E-state index contributed by atoms with van der Waals surface area (Å²) in [6, 6.07) is 0. The van der Waals surface area contributed by atoms with Gasteiger partial charge in [0.25, 0.3) is 0 Å². The van der Waals surface area contributed by atoms with Crippen LogP contribution in [0.15, 0.2) is 12.5 Å². The van der Waals surface area contributed by atoms with Crippen molar-refractivity contribution in [2.75, 3.05) is 0 Å². The molecule has 0 N–H and O–H groups in total. The van der Waals surface area contributed by atoms with Crippen molar-refractivity contribution in [1.82, 2.24) is 9.97 Å². The Kier molecular flexibility index (Phi) is 2.21. The smallest absolute Gasteiger partial charge is 0.294 e. The average Bonchev–Trinajstić information content (AvgIpc) is 2.16. The fraction of sp³-hybridized carbons (Fsp3) is 0.444. The fourth-order valence-electron chi connectivity index (χ4n) is 1.62. The Morgan fingerprint density at radius 1 is 1.33 bits per heavy atom. The molecule has 0 spiro atoms. The Balaban J connectivity index is 2.35. The molecule has 1 aliphatic rings. The van der Waals surface area contributed by atoms with Gasteiger partial charge in [-0.05, 0) is 0 Å². The lowest BCUT2D eigenvalue weighted by atomic mass is 9.86. The summed E-state index contributed by atoms with van der Waals surface area (Å²) in [6.45, 7) is 0. The number of Topliss-reactive ketones (excluding diaryl/α,β-unsaturated/α-hetero) is 1. The second-order valence-corrected chi connectivity index (χ2v) is 3.45. The van der Waals surface area contributed by atoms with Crippen molar-refractivity contribution in [3.05, 3.63) is 23.8 Å². The van der Waals surface area contributed by atoms with Crippen LogP contribution in [0.2, 0.25) is 0 Å². The molecule has 1 atom stereocenters. The summed E-state index contributed by atoms with van der Waals surface area (Å²) in [7, 11) is 0. The van der Waals surface area contributed by atoms with E-state index in [4.69, 9.17) is 0 Å². The predicted octanol–water partition coefficient (Wildman–Crippen LogP) is 1.78. The highest BCUT2D eigenvalue weighted by Gasteiger charge is 2.44. The number of aromatic nitrogens is 2. The number of carbonyl (C=O) groups excluding carboxylic acids is 1. The van der Waals surface area contributed by atoms with Crippen molar-refractivity contribution in [2.24, 2.45) is 5.92 Å². The van der Waals surface area contributed by atoms with Crippen molar-refractivity contribution < 1.29 is 18.0 Å². The molecule has 0 fully saturated rings. The maximum absolute atomic E-state index is 12.4. The molecule has 0 saturated carbocycles. The van der Waals surface area contributed by atoms with Gasteiger partial charge in [-0.3, -0.25) is 4.79 Å². The summed E-state index contributed by atoms with van der Waals surface area (Å²) in [5.41, 5.74) is 0.418. The zero-order chi connectivity index (χ0) is 11.1. The molecule has 15 heavy (non-hydrogen) atoms. The number of hydrogen-bond acceptors (Lipinski definition) is 3. The first-order valence-corrected chi connectivity index (χ1v) is 4.37. The van der Waals surface area contributed by atoms with Crippen LogP contribution in [0.25, 0.3) is 0 Å². The number of carbonyl (C=O) groups is 1. The predicted molar refractivity (Wildman–Crippen MR) is 44.2 cm³/mol. The molecule has 3 nitrogen and oxygen atoms in total. The minimum Gasteiger partial charge on any atom is -0.294 e. The van der Waals surface area contributed by atoms with Crippen molar-refractivity contribution in [1.29, 1.82) is 0 Å². The van der Waals surface area contributed by atoms with Gasteiger partial charge in [-0.15, -0.1) is 0 Å². The summed E-state index contributed by atoms with van der Waals surface area (Å²) in [4.78, 5) is 18.7. The van der Waals surface area contributed by atoms with E-state index in [9.17, 15) is 18.0 Å². The highest BCUT2D eigenvalue weighted by atomic mass is 19.4. The number of halogens is 3. The molecule has 80 valence electrons. The van der Waals surface area contributed by atoms with Gasteiger partial charge < -0.3 is 0 Å². The van der Waals surface area contributed by atoms with Gasteiger partial charge in [-0.2, -0.15) is 13.2 Å². The van der Waals surface area contributed by atoms with Crippen LogP contribution >= 0.6 is 0 Å². The lowest BCUT2D eigenvalue weighted by Crippen LogP contribution is -2.32. The number of hydrogen-bond donors (Lipinski definition) is 0. The van der Waals surface area contributed by atoms with Gasteiger partial charge in [-0.1, -0.05) is 0 Å². The number of fused-ring (bicyclic) bond motifs is 1. The maximum atomic E-state index is 12.4. The van der Waals surface area contributed by atoms with Crippen molar-refractivity contribution in [3.63, 3.8) is 0 Å². The molecule has 1 aliphatic carbocycles. The van der Waals surface area contributed by atoms with E-state index in [2.05, 4.69) is 9.97 Å². The van der Waals surface area contributed by atoms with E-state index in [-0.39, 0.29) is 17.7 Å². The average molecular weight is 216 g/mol. The van der Waals surface area contributed by atoms with Crippen molar-refractivity contribution in [2.45, 2.75) is 19.0 Å². The molecule has 0 bridgehead atoms. The fourth-order valence-corrected chi connectivity index (χ4v) is 1.62. The maximum Gasteiger partial charge on any atom is 0.392 e. The molecule has 0 radical (unpaired) electrons. The number of rotatable bonds is 0. The van der Waals surface area contributed by atoms with Crippen LogP contribution in [0.3, 0.4) is 0 Å². The zero-order valence-electron chi connectivity index (χ0n) is 7.58. The molecular formula is C9H7F3N2O. The van der Waals surface area contributed by atoms with Gasteiger partial charge in [0, 0.05) is 19.0 Å². The Morgan fingerprint density at radius 2 is 2.07 bits per heavy atom. The lowest BCUT2D eigenvalue weighted by molar-refractivity contribution is -0.174. The van der Waals surface area contributed by atoms with Gasteiger partial charge in [0.15, 0.2) is 5.78 Å². The Morgan fingerprint density at radius 3 is 2.73 bits per heavy atom. The van der Waals surface area contributed by atoms with Crippen LogP contribution in [-0.2, 0) is 6.42 Å². The van der Waals surface area contributed by atoms with E-state index in [1.807, 2.05) is 0 Å². The first-order chi connectivity index (χ1) is 6.98. The van der Waals surface area contributed by atoms with Gasteiger partial charge in [-0.25, -0.2) is 9.97 Å². The summed E-state index contributed by atoms with van der Waals surface area (Å²) in [5, 5.41) is 0. The van der Waals surface area contributed by atoms with Crippen LogP contribution in [0, 0.1) is 5.92 Å². The number of alkyl halides is 3. The molecule has 0 aromatic carbocycles. The van der Waals surface area contributed by atoms with Crippen LogP contribution < -0.4 is 0 Å². The standard InChI is InChI=1S/C9H7F3N2O/c10-9(11,12)5-1-7-6(8(15)2-5)3-13-4-14-7/h3-5H,1-2H2/t5-/m1/s1. The third kappa shape index (κ3) is 1.84. The van der Waals surface area contributed by atoms with E-state index >= 15 is 0 Å². The summed E-state index contributed by atoms with van der Waals surface area (Å²) in [5.74, 6) is -2.13. The number of ketones is 1. The second kappa shape index (κ2) is 3.29. The van der Waals surface area contributed by atoms with Gasteiger partial charge in [0.2, 0.25) is 0 Å². The van der Waals surface area contributed by atoms with E-state index in [0.29, 0.717) is 0 Å². The van der Waals surface area contributed by atoms with Gasteiger partial charge in [0.1, 0.15) is 6.33 Å². The highest BCUT2D eigenvalue weighted by molar-refractivity contribution is 5.97. The Labute approximate surface area is 83.3 Å². The van der Waals surface area contributed by atoms with Crippen LogP contribution in [0.4, 0.5) is 13.2 Å². The lowest BCUT2D eigenvalue weighted by Gasteiger charge is -2.24. The molecule has 6 heteroatoms. The molecule has 2 rings (SSSR count). The molecule has 1 aromatic heterocycles. The molecule has 0 unspecified atom stereocenters. The third-order valence-corrected chi connectivity index (χ3v) is 2.43. The Hall–Kier alpha value is -1.46. The first kappa shape index (κ1) is 10.1. The van der Waals surface area contributed by atoms with Gasteiger partial charge in [0.05, 0.1) is 17.2 Å². The normalized spacial score (nSPS) is 21.3. The SMILES string of the molecule is O=C1C[C@H](C(F)(F)F)Cc2ncncc21. The van der Waals surface area contributed by atoms with E-state index in [0.717, 1.165) is 6.33 Å². The van der Waals surface area contributed by atoms with Gasteiger partial charge >= 0.3 is 6.18 Å². The molecule has 0 amide bonds. The monoisotopic (exact) mass is 216 g/mol. The van der Waals surface area contributed by atoms with Crippen LogP contribution in [0.1, 0.15) is 22.5 Å². The topological polar surface area (TPSA) is 42.9 Å². The molecule has 1 heterocycles.